The van der Waals surface area contributed by atoms with Gasteiger partial charge in [0.25, 0.3) is 10.0 Å². The number of nitrogens with zero attached hydrogens (tertiary/aromatic N) is 2. The van der Waals surface area contributed by atoms with Crippen LogP contribution in [0.1, 0.15) is 25.5 Å². The average molecular weight is 583 g/mol. The Morgan fingerprint density at radius 2 is 1.90 bits per heavy atom. The number of pyridine rings is 1. The number of aliphatic hydroxyl groups is 1. The standard InChI is InChI=1S/C27H26F4N2O6S/c1-16-5-4-6-21(32-16)17-7-11-23-22(13-17)33(40(36,37)19-9-10-20(28)24(14-19)38-3)15-18(39-23)8-12-25(34)26(2,35)27(29,30)31/h4-7,9-11,13-14,18,35H,8,12,15H2,1-3H3/t18-,26+/m0/s1. The fourth-order valence-corrected chi connectivity index (χ4v) is 5.69. The molecule has 2 atom stereocenters. The number of methoxy groups -OCH3 is 1. The van der Waals surface area contributed by atoms with Crippen molar-refractivity contribution in [1.82, 2.24) is 4.98 Å². The fraction of sp³-hybridized carbons (Fsp3) is 0.333. The summed E-state index contributed by atoms with van der Waals surface area (Å²) in [6.07, 6.45) is -7.26. The number of alkyl halides is 3. The normalized spacial score (nSPS) is 17.0. The Bertz CT molecular complexity index is 1540. The van der Waals surface area contributed by atoms with Crippen LogP contribution in [0, 0.1) is 12.7 Å². The predicted octanol–water partition coefficient (Wildman–Crippen LogP) is 4.82. The molecule has 0 amide bonds. The van der Waals surface area contributed by atoms with Gasteiger partial charge in [-0.1, -0.05) is 6.07 Å². The summed E-state index contributed by atoms with van der Waals surface area (Å²) in [5.74, 6) is -2.46. The van der Waals surface area contributed by atoms with E-state index in [2.05, 4.69) is 4.98 Å². The summed E-state index contributed by atoms with van der Waals surface area (Å²) < 4.78 is 92.8. The maximum atomic E-state index is 14.0. The third-order valence-corrected chi connectivity index (χ3v) is 8.35. The highest BCUT2D eigenvalue weighted by molar-refractivity contribution is 7.92. The Kier molecular flexibility index (Phi) is 7.83. The van der Waals surface area contributed by atoms with E-state index in [1.807, 2.05) is 0 Å². The molecule has 13 heteroatoms. The van der Waals surface area contributed by atoms with Crippen molar-refractivity contribution < 1.29 is 45.4 Å². The Morgan fingerprint density at radius 3 is 2.55 bits per heavy atom. The zero-order chi connectivity index (χ0) is 29.5. The van der Waals surface area contributed by atoms with Gasteiger partial charge in [0.2, 0.25) is 5.60 Å². The van der Waals surface area contributed by atoms with Crippen molar-refractivity contribution in [2.45, 2.75) is 49.5 Å². The highest BCUT2D eigenvalue weighted by Crippen LogP contribution is 2.41. The molecular formula is C27H26F4N2O6S. The zero-order valence-electron chi connectivity index (χ0n) is 21.7. The molecule has 0 spiro atoms. The average Bonchev–Trinajstić information content (AvgIpc) is 2.90. The molecule has 0 bridgehead atoms. The summed E-state index contributed by atoms with van der Waals surface area (Å²) in [5, 5.41) is 9.70. The number of sulfonamides is 1. The van der Waals surface area contributed by atoms with Crippen LogP contribution >= 0.6 is 0 Å². The minimum atomic E-state index is -5.18. The molecule has 2 heterocycles. The number of fused-ring (bicyclic) bond motifs is 1. The topological polar surface area (TPSA) is 106 Å². The molecular weight excluding hydrogens is 556 g/mol. The Balaban J connectivity index is 1.73. The van der Waals surface area contributed by atoms with Gasteiger partial charge in [-0.2, -0.15) is 13.2 Å². The third-order valence-electron chi connectivity index (χ3n) is 6.57. The molecule has 0 saturated heterocycles. The van der Waals surface area contributed by atoms with Crippen molar-refractivity contribution in [3.63, 3.8) is 0 Å². The Hall–Kier alpha value is -3.71. The third kappa shape index (κ3) is 5.61. The largest absolute Gasteiger partial charge is 0.494 e. The van der Waals surface area contributed by atoms with E-state index in [9.17, 15) is 35.9 Å². The lowest BCUT2D eigenvalue weighted by Gasteiger charge is -2.36. The second kappa shape index (κ2) is 10.7. The molecule has 0 unspecified atom stereocenters. The summed E-state index contributed by atoms with van der Waals surface area (Å²) in [6.45, 7) is 1.79. The molecule has 1 aromatic heterocycles. The number of anilines is 1. The molecule has 1 N–H and O–H groups in total. The minimum Gasteiger partial charge on any atom is -0.494 e. The van der Waals surface area contributed by atoms with E-state index in [0.29, 0.717) is 18.2 Å². The summed E-state index contributed by atoms with van der Waals surface area (Å²) >= 11 is 0. The first kappa shape index (κ1) is 29.3. The van der Waals surface area contributed by atoms with Crippen molar-refractivity contribution in [2.75, 3.05) is 18.0 Å². The van der Waals surface area contributed by atoms with E-state index in [4.69, 9.17) is 9.47 Å². The molecule has 0 saturated carbocycles. The van der Waals surface area contributed by atoms with Crippen LogP contribution in [0.25, 0.3) is 11.3 Å². The highest BCUT2D eigenvalue weighted by atomic mass is 32.2. The van der Waals surface area contributed by atoms with Gasteiger partial charge in [-0.3, -0.25) is 14.1 Å². The first-order valence-electron chi connectivity index (χ1n) is 12.1. The SMILES string of the molecule is COc1cc(S(=O)(=O)N2C[C@H](CCC(=O)[C@@](C)(O)C(F)(F)F)Oc3ccc(-c4cccc(C)n4)cc32)ccc1F. The molecule has 3 aromatic rings. The van der Waals surface area contributed by atoms with Crippen molar-refractivity contribution in [3.05, 3.63) is 66.1 Å². The van der Waals surface area contributed by atoms with E-state index in [-0.39, 0.29) is 35.0 Å². The predicted molar refractivity (Wildman–Crippen MR) is 137 cm³/mol. The van der Waals surface area contributed by atoms with Crippen LogP contribution < -0.4 is 13.8 Å². The zero-order valence-corrected chi connectivity index (χ0v) is 22.5. The van der Waals surface area contributed by atoms with Gasteiger partial charge in [0.1, 0.15) is 11.9 Å². The molecule has 0 fully saturated rings. The lowest BCUT2D eigenvalue weighted by molar-refractivity contribution is -0.244. The van der Waals surface area contributed by atoms with Gasteiger partial charge in [0.05, 0.1) is 29.9 Å². The number of ketones is 1. The van der Waals surface area contributed by atoms with E-state index in [0.717, 1.165) is 28.2 Å². The number of hydrogen-bond donors (Lipinski definition) is 1. The van der Waals surface area contributed by atoms with E-state index in [1.54, 1.807) is 37.3 Å². The molecule has 1 aliphatic rings. The number of Topliss-reactive ketones (excluding diaryl/α,β-unsaturated/α-hetero) is 1. The first-order chi connectivity index (χ1) is 18.6. The van der Waals surface area contributed by atoms with Crippen molar-refractivity contribution >= 4 is 21.5 Å². The molecule has 0 aliphatic carbocycles. The van der Waals surface area contributed by atoms with Crippen molar-refractivity contribution in [1.29, 1.82) is 0 Å². The van der Waals surface area contributed by atoms with Crippen LogP contribution in [0.15, 0.2) is 59.5 Å². The molecule has 214 valence electrons. The summed E-state index contributed by atoms with van der Waals surface area (Å²) in [6, 6.07) is 13.0. The van der Waals surface area contributed by atoms with Gasteiger partial charge < -0.3 is 14.6 Å². The van der Waals surface area contributed by atoms with Gasteiger partial charge in [0, 0.05) is 23.7 Å². The fourth-order valence-electron chi connectivity index (χ4n) is 4.17. The van der Waals surface area contributed by atoms with Crippen LogP contribution in [0.4, 0.5) is 23.2 Å². The van der Waals surface area contributed by atoms with E-state index >= 15 is 0 Å². The molecule has 2 aromatic carbocycles. The number of halogens is 4. The van der Waals surface area contributed by atoms with Crippen LogP contribution in [0.2, 0.25) is 0 Å². The van der Waals surface area contributed by atoms with Gasteiger partial charge in [-0.05, 0) is 62.7 Å². The smallest absolute Gasteiger partial charge is 0.424 e. The van der Waals surface area contributed by atoms with Crippen LogP contribution in [-0.2, 0) is 14.8 Å². The molecule has 8 nitrogen and oxygen atoms in total. The maximum absolute atomic E-state index is 14.0. The molecule has 4 rings (SSSR count). The van der Waals surface area contributed by atoms with Crippen molar-refractivity contribution in [2.24, 2.45) is 0 Å². The number of carbonyl (C=O) groups is 1. The maximum Gasteiger partial charge on any atom is 0.424 e. The number of hydrogen-bond acceptors (Lipinski definition) is 7. The summed E-state index contributed by atoms with van der Waals surface area (Å²) in [4.78, 5) is 16.4. The number of carbonyl (C=O) groups excluding carboxylic acids is 1. The quantitative estimate of drug-likeness (QED) is 0.380. The number of aromatic nitrogens is 1. The first-order valence-corrected chi connectivity index (χ1v) is 13.5. The number of benzene rings is 2. The molecule has 40 heavy (non-hydrogen) atoms. The van der Waals surface area contributed by atoms with Crippen molar-refractivity contribution in [3.8, 4) is 22.8 Å². The lowest BCUT2D eigenvalue weighted by atomic mass is 9.95. The highest BCUT2D eigenvalue weighted by Gasteiger charge is 2.55. The van der Waals surface area contributed by atoms with Gasteiger partial charge in [0.15, 0.2) is 17.3 Å². The van der Waals surface area contributed by atoms with E-state index in [1.165, 1.54) is 13.2 Å². The van der Waals surface area contributed by atoms with Crippen LogP contribution in [0.3, 0.4) is 0 Å². The number of ether oxygens (including phenoxy) is 2. The Labute approximate surface area is 228 Å². The van der Waals surface area contributed by atoms with E-state index < -0.39 is 45.9 Å². The second-order valence-corrected chi connectivity index (χ2v) is 11.3. The number of aryl methyl sites for hydroxylation is 1. The molecule has 1 aliphatic heterocycles. The van der Waals surface area contributed by atoms with Gasteiger partial charge >= 0.3 is 6.18 Å². The van der Waals surface area contributed by atoms with Gasteiger partial charge in [-0.15, -0.1) is 0 Å². The van der Waals surface area contributed by atoms with Gasteiger partial charge in [-0.25, -0.2) is 12.8 Å². The lowest BCUT2D eigenvalue weighted by Crippen LogP contribution is -2.50. The number of rotatable bonds is 8. The monoisotopic (exact) mass is 582 g/mol. The Morgan fingerprint density at radius 1 is 1.18 bits per heavy atom. The van der Waals surface area contributed by atoms with Crippen LogP contribution in [-0.4, -0.2) is 55.8 Å². The summed E-state index contributed by atoms with van der Waals surface area (Å²) in [7, 11) is -3.20. The molecule has 0 radical (unpaired) electrons. The second-order valence-electron chi connectivity index (χ2n) is 9.45. The minimum absolute atomic E-state index is 0.0975. The van der Waals surface area contributed by atoms with Crippen LogP contribution in [0.5, 0.6) is 11.5 Å². The summed E-state index contributed by atoms with van der Waals surface area (Å²) in [5.41, 5.74) is -1.59.